The van der Waals surface area contributed by atoms with Gasteiger partial charge in [-0.15, -0.1) is 0 Å². The average molecular weight is 488 g/mol. The summed E-state index contributed by atoms with van der Waals surface area (Å²) in [6.45, 7) is -0.534. The Bertz CT molecular complexity index is 1330. The van der Waals surface area contributed by atoms with E-state index in [0.29, 0.717) is 0 Å². The molecule has 182 valence electrons. The number of halogens is 2. The highest BCUT2D eigenvalue weighted by Gasteiger charge is 2.43. The van der Waals surface area contributed by atoms with E-state index in [4.69, 9.17) is 4.74 Å². The van der Waals surface area contributed by atoms with E-state index in [0.717, 1.165) is 41.7 Å². The van der Waals surface area contributed by atoms with Crippen LogP contribution < -0.4 is 0 Å². The van der Waals surface area contributed by atoms with E-state index in [1.165, 1.54) is 47.9 Å². The lowest BCUT2D eigenvalue weighted by Crippen LogP contribution is -2.34. The van der Waals surface area contributed by atoms with E-state index >= 15 is 0 Å². The molecule has 0 N–H and O–H groups in total. The molecule has 9 heteroatoms. The lowest BCUT2D eigenvalue weighted by atomic mass is 9.77. The Balaban J connectivity index is 1.44. The summed E-state index contributed by atoms with van der Waals surface area (Å²) in [6.07, 6.45) is 8.40. The highest BCUT2D eigenvalue weighted by molar-refractivity contribution is 6.08. The van der Waals surface area contributed by atoms with E-state index < -0.39 is 24.5 Å². The number of fused-ring (bicyclic) bond motifs is 1. The van der Waals surface area contributed by atoms with Crippen molar-refractivity contribution in [2.75, 3.05) is 6.61 Å². The van der Waals surface area contributed by atoms with Gasteiger partial charge in [0, 0.05) is 18.3 Å². The molecule has 0 saturated heterocycles. The molecule has 1 amide bonds. The lowest BCUT2D eigenvalue weighted by molar-refractivity contribution is -0.137. The fraction of sp³-hybridized carbons (Fsp3) is 0.222. The minimum absolute atomic E-state index is 0.00805. The molecule has 2 unspecified atom stereocenters. The maximum atomic E-state index is 13.7. The lowest BCUT2D eigenvalue weighted by Gasteiger charge is -2.29. The summed E-state index contributed by atoms with van der Waals surface area (Å²) in [5.74, 6) is -2.09. The van der Waals surface area contributed by atoms with Crippen LogP contribution in [0.4, 0.5) is 8.78 Å². The van der Waals surface area contributed by atoms with Crippen LogP contribution in [0, 0.1) is 17.6 Å². The van der Waals surface area contributed by atoms with Gasteiger partial charge in [-0.25, -0.2) is 23.6 Å². The van der Waals surface area contributed by atoms with Crippen LogP contribution in [0.1, 0.15) is 46.9 Å². The van der Waals surface area contributed by atoms with Crippen LogP contribution in [0.3, 0.4) is 0 Å². The van der Waals surface area contributed by atoms with Gasteiger partial charge >= 0.3 is 5.97 Å². The summed E-state index contributed by atoms with van der Waals surface area (Å²) in [5, 5.41) is 6.02. The van der Waals surface area contributed by atoms with E-state index in [1.54, 1.807) is 24.3 Å². The minimum atomic E-state index is -0.768. The number of hydrogen-bond donors (Lipinski definition) is 0. The van der Waals surface area contributed by atoms with Crippen molar-refractivity contribution in [1.29, 1.82) is 0 Å². The van der Waals surface area contributed by atoms with Crippen LogP contribution in [0.2, 0.25) is 0 Å². The average Bonchev–Trinajstić information content (AvgIpc) is 3.30. The molecule has 1 aromatic heterocycles. The van der Waals surface area contributed by atoms with Crippen LogP contribution in [0.5, 0.6) is 0 Å². The fourth-order valence-corrected chi connectivity index (χ4v) is 4.63. The van der Waals surface area contributed by atoms with Crippen molar-refractivity contribution >= 4 is 23.7 Å². The predicted octanol–water partition coefficient (Wildman–Crippen LogP) is 4.73. The highest BCUT2D eigenvalue weighted by atomic mass is 19.1. The molecule has 1 fully saturated rings. The van der Waals surface area contributed by atoms with E-state index in [-0.39, 0.29) is 23.2 Å². The number of rotatable bonds is 5. The molecule has 0 bridgehead atoms. The van der Waals surface area contributed by atoms with Gasteiger partial charge in [-0.3, -0.25) is 9.78 Å². The Kier molecular flexibility index (Phi) is 6.62. The summed E-state index contributed by atoms with van der Waals surface area (Å²) in [4.78, 5) is 33.2. The smallest absolute Gasteiger partial charge is 0.359 e. The molecule has 1 saturated carbocycles. The summed E-state index contributed by atoms with van der Waals surface area (Å²) >= 11 is 0. The van der Waals surface area contributed by atoms with Crippen molar-refractivity contribution < 1.29 is 23.1 Å². The van der Waals surface area contributed by atoms with E-state index in [1.807, 2.05) is 6.08 Å². The van der Waals surface area contributed by atoms with Crippen LogP contribution in [0.15, 0.2) is 77.8 Å². The van der Waals surface area contributed by atoms with Gasteiger partial charge in [-0.1, -0.05) is 24.3 Å². The standard InChI is InChI=1S/C27H22F2N4O3/c28-20-8-4-17(5-9-20)14-19-2-1-3-22-25(19)32-33(26(22)18-6-10-21(29)11-7-18)24(34)16-36-27(35)23-15-30-12-13-31-23/h4-15,22,26H,1-3,16H2/b19-14+. The summed E-state index contributed by atoms with van der Waals surface area (Å²) in [5.41, 5.74) is 3.27. The number of hydrogen-bond acceptors (Lipinski definition) is 6. The SMILES string of the molecule is O=C(OCC(=O)N1N=C2/C(=C/c3ccc(F)cc3)CCCC2C1c1ccc(F)cc1)c1cnccn1. The molecule has 5 rings (SSSR count). The summed E-state index contributed by atoms with van der Waals surface area (Å²) in [6, 6.07) is 11.7. The first kappa shape index (κ1) is 23.5. The molecule has 36 heavy (non-hydrogen) atoms. The molecule has 0 spiro atoms. The first-order valence-corrected chi connectivity index (χ1v) is 11.6. The van der Waals surface area contributed by atoms with Crippen LogP contribution in [0.25, 0.3) is 6.08 Å². The van der Waals surface area contributed by atoms with E-state index in [9.17, 15) is 18.4 Å². The number of carbonyl (C=O) groups excluding carboxylic acids is 2. The third-order valence-electron chi connectivity index (χ3n) is 6.28. The van der Waals surface area contributed by atoms with Crippen molar-refractivity contribution in [1.82, 2.24) is 15.0 Å². The van der Waals surface area contributed by atoms with Gasteiger partial charge in [0.15, 0.2) is 12.3 Å². The van der Waals surface area contributed by atoms with Gasteiger partial charge in [0.25, 0.3) is 5.91 Å². The second kappa shape index (κ2) is 10.2. The predicted molar refractivity (Wildman–Crippen MR) is 127 cm³/mol. The van der Waals surface area contributed by atoms with Crippen molar-refractivity contribution in [2.24, 2.45) is 11.0 Å². The second-order valence-corrected chi connectivity index (χ2v) is 8.61. The van der Waals surface area contributed by atoms with Gasteiger partial charge in [-0.05, 0) is 66.3 Å². The molecular weight excluding hydrogens is 466 g/mol. The first-order valence-electron chi connectivity index (χ1n) is 11.6. The molecule has 3 aromatic rings. The molecule has 7 nitrogen and oxygen atoms in total. The summed E-state index contributed by atoms with van der Waals surface area (Å²) < 4.78 is 32.2. The molecule has 1 aliphatic heterocycles. The molecule has 0 radical (unpaired) electrons. The van der Waals surface area contributed by atoms with Gasteiger partial charge in [0.1, 0.15) is 11.6 Å². The number of hydrazone groups is 1. The third kappa shape index (κ3) is 4.91. The third-order valence-corrected chi connectivity index (χ3v) is 6.28. The van der Waals surface area contributed by atoms with Gasteiger partial charge < -0.3 is 4.74 Å². The maximum Gasteiger partial charge on any atom is 0.359 e. The normalized spacial score (nSPS) is 20.1. The number of nitrogens with zero attached hydrogens (tertiary/aromatic N) is 4. The molecule has 1 aliphatic carbocycles. The quantitative estimate of drug-likeness (QED) is 0.485. The number of aromatic nitrogens is 2. The molecule has 2 heterocycles. The maximum absolute atomic E-state index is 13.7. The van der Waals surface area contributed by atoms with Crippen LogP contribution in [-0.2, 0) is 9.53 Å². The number of amides is 1. The Morgan fingerprint density at radius 3 is 2.44 bits per heavy atom. The van der Waals surface area contributed by atoms with Crippen molar-refractivity contribution in [3.63, 3.8) is 0 Å². The molecule has 2 aliphatic rings. The topological polar surface area (TPSA) is 84.8 Å². The summed E-state index contributed by atoms with van der Waals surface area (Å²) in [7, 11) is 0. The van der Waals surface area contributed by atoms with Gasteiger partial charge in [0.05, 0.1) is 18.0 Å². The monoisotopic (exact) mass is 488 g/mol. The number of ether oxygens (including phenoxy) is 1. The second-order valence-electron chi connectivity index (χ2n) is 8.61. The zero-order valence-electron chi connectivity index (χ0n) is 19.2. The Labute approximate surface area is 206 Å². The van der Waals surface area contributed by atoms with E-state index in [2.05, 4.69) is 15.1 Å². The zero-order chi connectivity index (χ0) is 25.1. The van der Waals surface area contributed by atoms with Crippen molar-refractivity contribution in [3.8, 4) is 0 Å². The van der Waals surface area contributed by atoms with Crippen molar-refractivity contribution in [3.05, 3.63) is 101 Å². The van der Waals surface area contributed by atoms with Gasteiger partial charge in [0.2, 0.25) is 0 Å². The number of carbonyl (C=O) groups is 2. The molecular formula is C27H22F2N4O3. The Hall–Kier alpha value is -4.27. The Morgan fingerprint density at radius 1 is 1.03 bits per heavy atom. The number of allylic oxidation sites excluding steroid dienone is 1. The fourth-order valence-electron chi connectivity index (χ4n) is 4.63. The van der Waals surface area contributed by atoms with Gasteiger partial charge in [-0.2, -0.15) is 5.10 Å². The van der Waals surface area contributed by atoms with Crippen LogP contribution >= 0.6 is 0 Å². The number of esters is 1. The largest absolute Gasteiger partial charge is 0.451 e. The van der Waals surface area contributed by atoms with Crippen LogP contribution in [-0.4, -0.2) is 39.2 Å². The zero-order valence-corrected chi connectivity index (χ0v) is 19.2. The molecule has 2 aromatic carbocycles. The molecule has 2 atom stereocenters. The number of benzene rings is 2. The Morgan fingerprint density at radius 2 is 1.75 bits per heavy atom. The van der Waals surface area contributed by atoms with Crippen molar-refractivity contribution in [2.45, 2.75) is 25.3 Å². The minimum Gasteiger partial charge on any atom is -0.451 e. The first-order chi connectivity index (χ1) is 17.5. The highest BCUT2D eigenvalue weighted by Crippen LogP contribution is 2.44.